The van der Waals surface area contributed by atoms with Crippen molar-refractivity contribution in [2.75, 3.05) is 6.61 Å². The van der Waals surface area contributed by atoms with Crippen LogP contribution in [0.3, 0.4) is 0 Å². The van der Waals surface area contributed by atoms with Crippen molar-refractivity contribution in [1.29, 1.82) is 0 Å². The standard InChI is InChI=1S/C32H36N2O6/c1-20(40-32(2,3)4)28(29(35)33-27(30(36)37)18-21-12-6-5-7-13-21)34-31(38)39-19-26-24-16-10-8-14-22(24)23-15-9-11-17-25(23)26/h5-17,20,26-28H,18-19H2,1-4H3,(H,33,35)(H,34,38)(H,36,37)/t20-,27+,28+/m1/s1. The Morgan fingerprint density at radius 2 is 1.40 bits per heavy atom. The molecule has 0 saturated heterocycles. The van der Waals surface area contributed by atoms with Crippen molar-refractivity contribution in [3.8, 4) is 11.1 Å². The monoisotopic (exact) mass is 544 g/mol. The summed E-state index contributed by atoms with van der Waals surface area (Å²) in [6.45, 7) is 7.24. The molecule has 2 amide bonds. The van der Waals surface area contributed by atoms with Crippen LogP contribution in [0.4, 0.5) is 4.79 Å². The van der Waals surface area contributed by atoms with Gasteiger partial charge in [0.25, 0.3) is 0 Å². The van der Waals surface area contributed by atoms with Crippen molar-refractivity contribution in [1.82, 2.24) is 10.6 Å². The number of rotatable bonds is 10. The molecule has 0 aliphatic heterocycles. The maximum absolute atomic E-state index is 13.4. The third-order valence-electron chi connectivity index (χ3n) is 6.81. The zero-order valence-corrected chi connectivity index (χ0v) is 23.2. The van der Waals surface area contributed by atoms with Crippen LogP contribution in [0, 0.1) is 0 Å². The SMILES string of the molecule is C[C@@H](OC(C)(C)C)[C@H](NC(=O)OCC1c2ccccc2-c2ccccc21)C(=O)N[C@@H](Cc1ccccc1)C(=O)O. The molecule has 1 aliphatic rings. The fourth-order valence-corrected chi connectivity index (χ4v) is 5.10. The van der Waals surface area contributed by atoms with E-state index in [1.54, 1.807) is 31.2 Å². The molecule has 40 heavy (non-hydrogen) atoms. The predicted octanol–water partition coefficient (Wildman–Crippen LogP) is 4.91. The molecular weight excluding hydrogens is 508 g/mol. The molecule has 4 rings (SSSR count). The van der Waals surface area contributed by atoms with Crippen LogP contribution >= 0.6 is 0 Å². The van der Waals surface area contributed by atoms with Gasteiger partial charge in [-0.3, -0.25) is 4.79 Å². The smallest absolute Gasteiger partial charge is 0.407 e. The van der Waals surface area contributed by atoms with Gasteiger partial charge in [-0.05, 0) is 55.5 Å². The van der Waals surface area contributed by atoms with E-state index >= 15 is 0 Å². The minimum absolute atomic E-state index is 0.0778. The number of carboxylic acids is 1. The Bertz CT molecular complexity index is 1310. The van der Waals surface area contributed by atoms with Crippen LogP contribution in [0.1, 0.15) is 50.3 Å². The molecule has 3 N–H and O–H groups in total. The molecule has 3 aromatic carbocycles. The predicted molar refractivity (Wildman–Crippen MR) is 152 cm³/mol. The Kier molecular flexibility index (Phi) is 8.90. The summed E-state index contributed by atoms with van der Waals surface area (Å²) in [5.74, 6) is -1.99. The number of ether oxygens (including phenoxy) is 2. The number of fused-ring (bicyclic) bond motifs is 3. The maximum Gasteiger partial charge on any atom is 0.407 e. The van der Waals surface area contributed by atoms with Gasteiger partial charge in [0.1, 0.15) is 18.7 Å². The lowest BCUT2D eigenvalue weighted by atomic mass is 9.98. The van der Waals surface area contributed by atoms with E-state index < -0.39 is 41.8 Å². The van der Waals surface area contributed by atoms with E-state index in [1.807, 2.05) is 63.2 Å². The molecule has 1 aliphatic carbocycles. The second-order valence-corrected chi connectivity index (χ2v) is 11.0. The highest BCUT2D eigenvalue weighted by Crippen LogP contribution is 2.44. The molecule has 8 nitrogen and oxygen atoms in total. The second kappa shape index (κ2) is 12.3. The van der Waals surface area contributed by atoms with Crippen molar-refractivity contribution in [2.45, 2.75) is 63.8 Å². The summed E-state index contributed by atoms with van der Waals surface area (Å²) < 4.78 is 11.6. The van der Waals surface area contributed by atoms with Crippen LogP contribution in [0.25, 0.3) is 11.1 Å². The van der Waals surface area contributed by atoms with Crippen molar-refractivity contribution in [2.24, 2.45) is 0 Å². The quantitative estimate of drug-likeness (QED) is 0.334. The van der Waals surface area contributed by atoms with Gasteiger partial charge in [-0.25, -0.2) is 9.59 Å². The summed E-state index contributed by atoms with van der Waals surface area (Å²) in [5.41, 5.74) is 4.50. The van der Waals surface area contributed by atoms with Crippen molar-refractivity contribution >= 4 is 18.0 Å². The first-order valence-electron chi connectivity index (χ1n) is 13.4. The van der Waals surface area contributed by atoms with Gasteiger partial charge in [-0.2, -0.15) is 0 Å². The second-order valence-electron chi connectivity index (χ2n) is 11.0. The number of nitrogens with one attached hydrogen (secondary N) is 2. The highest BCUT2D eigenvalue weighted by Gasteiger charge is 2.35. The summed E-state index contributed by atoms with van der Waals surface area (Å²) >= 11 is 0. The first-order valence-corrected chi connectivity index (χ1v) is 13.4. The van der Waals surface area contributed by atoms with Crippen LogP contribution in [0.2, 0.25) is 0 Å². The lowest BCUT2D eigenvalue weighted by molar-refractivity contribution is -0.143. The van der Waals surface area contributed by atoms with Gasteiger partial charge in [0.05, 0.1) is 11.7 Å². The van der Waals surface area contributed by atoms with E-state index in [-0.39, 0.29) is 18.9 Å². The Morgan fingerprint density at radius 1 is 0.850 bits per heavy atom. The van der Waals surface area contributed by atoms with E-state index in [0.717, 1.165) is 27.8 Å². The maximum atomic E-state index is 13.4. The molecular formula is C32H36N2O6. The van der Waals surface area contributed by atoms with Crippen LogP contribution in [0.15, 0.2) is 78.9 Å². The Labute approximate surface area is 234 Å². The lowest BCUT2D eigenvalue weighted by Crippen LogP contribution is -2.57. The van der Waals surface area contributed by atoms with Crippen LogP contribution in [0.5, 0.6) is 0 Å². The van der Waals surface area contributed by atoms with Crippen LogP contribution < -0.4 is 10.6 Å². The lowest BCUT2D eigenvalue weighted by Gasteiger charge is -2.31. The molecule has 3 atom stereocenters. The Balaban J connectivity index is 1.47. The summed E-state index contributed by atoms with van der Waals surface area (Å²) in [5, 5.41) is 15.0. The molecule has 0 spiro atoms. The zero-order valence-electron chi connectivity index (χ0n) is 23.2. The van der Waals surface area contributed by atoms with Crippen LogP contribution in [-0.4, -0.2) is 53.5 Å². The fourth-order valence-electron chi connectivity index (χ4n) is 5.10. The molecule has 0 unspecified atom stereocenters. The van der Waals surface area contributed by atoms with E-state index in [4.69, 9.17) is 9.47 Å². The number of amides is 2. The minimum atomic E-state index is -1.19. The van der Waals surface area contributed by atoms with Gasteiger partial charge in [0.2, 0.25) is 5.91 Å². The number of aliphatic carboxylic acids is 1. The minimum Gasteiger partial charge on any atom is -0.480 e. The Hall–Kier alpha value is -4.17. The number of benzene rings is 3. The molecule has 0 bridgehead atoms. The average molecular weight is 545 g/mol. The van der Waals surface area contributed by atoms with Crippen molar-refractivity contribution < 1.29 is 29.0 Å². The third kappa shape index (κ3) is 7.07. The zero-order chi connectivity index (χ0) is 28.9. The molecule has 210 valence electrons. The van der Waals surface area contributed by atoms with Crippen molar-refractivity contribution in [3.05, 3.63) is 95.6 Å². The Morgan fingerprint density at radius 3 is 1.95 bits per heavy atom. The highest BCUT2D eigenvalue weighted by atomic mass is 16.6. The molecule has 0 saturated carbocycles. The molecule has 0 fully saturated rings. The molecule has 0 heterocycles. The average Bonchev–Trinajstić information content (AvgIpc) is 3.23. The molecule has 3 aromatic rings. The highest BCUT2D eigenvalue weighted by molar-refractivity contribution is 5.90. The van der Waals surface area contributed by atoms with E-state index in [0.29, 0.717) is 0 Å². The van der Waals surface area contributed by atoms with E-state index in [1.165, 1.54) is 0 Å². The van der Waals surface area contributed by atoms with Gasteiger partial charge in [0, 0.05) is 12.3 Å². The van der Waals surface area contributed by atoms with Gasteiger partial charge in [0.15, 0.2) is 0 Å². The number of carbonyl (C=O) groups excluding carboxylic acids is 2. The van der Waals surface area contributed by atoms with E-state index in [2.05, 4.69) is 22.8 Å². The number of alkyl carbamates (subject to hydrolysis) is 1. The first-order chi connectivity index (χ1) is 19.0. The number of carbonyl (C=O) groups is 3. The summed E-state index contributed by atoms with van der Waals surface area (Å²) in [7, 11) is 0. The largest absolute Gasteiger partial charge is 0.480 e. The van der Waals surface area contributed by atoms with E-state index in [9.17, 15) is 19.5 Å². The normalized spacial score (nSPS) is 14.8. The molecule has 8 heteroatoms. The third-order valence-corrected chi connectivity index (χ3v) is 6.81. The molecule has 0 radical (unpaired) electrons. The van der Waals surface area contributed by atoms with Gasteiger partial charge in [-0.1, -0.05) is 78.9 Å². The summed E-state index contributed by atoms with van der Waals surface area (Å²) in [4.78, 5) is 38.4. The summed E-state index contributed by atoms with van der Waals surface area (Å²) in [6.07, 6.45) is -1.47. The number of carboxylic acid groups (broad SMARTS) is 1. The fraction of sp³-hybridized carbons (Fsp3) is 0.344. The van der Waals surface area contributed by atoms with Crippen LogP contribution in [-0.2, 0) is 25.5 Å². The van der Waals surface area contributed by atoms with Gasteiger partial charge < -0.3 is 25.2 Å². The number of hydrogen-bond acceptors (Lipinski definition) is 5. The first kappa shape index (κ1) is 28.8. The van der Waals surface area contributed by atoms with Gasteiger partial charge >= 0.3 is 12.1 Å². The van der Waals surface area contributed by atoms with Gasteiger partial charge in [-0.15, -0.1) is 0 Å². The number of hydrogen-bond donors (Lipinski definition) is 3. The summed E-state index contributed by atoms with van der Waals surface area (Å²) in [6, 6.07) is 22.7. The topological polar surface area (TPSA) is 114 Å². The van der Waals surface area contributed by atoms with Crippen molar-refractivity contribution in [3.63, 3.8) is 0 Å². The molecule has 0 aromatic heterocycles.